The molecule has 1 aromatic carbocycles. The first-order valence-electron chi connectivity index (χ1n) is 7.24. The molecule has 0 bridgehead atoms. The molecule has 0 amide bonds. The van der Waals surface area contributed by atoms with E-state index in [1.54, 1.807) is 19.2 Å². The van der Waals surface area contributed by atoms with Gasteiger partial charge < -0.3 is 24.8 Å². The van der Waals surface area contributed by atoms with Crippen LogP contribution in [0.3, 0.4) is 0 Å². The van der Waals surface area contributed by atoms with Crippen LogP contribution in [0.2, 0.25) is 0 Å². The maximum absolute atomic E-state index is 12.4. The van der Waals surface area contributed by atoms with E-state index in [0.29, 0.717) is 32.3 Å². The third-order valence-electron chi connectivity index (χ3n) is 2.87. The molecule has 0 fully saturated rings. The number of benzene rings is 1. The molecular formula is C15H23F2N3O3. The van der Waals surface area contributed by atoms with E-state index in [2.05, 4.69) is 20.4 Å². The first-order valence-corrected chi connectivity index (χ1v) is 7.24. The van der Waals surface area contributed by atoms with Crippen LogP contribution >= 0.6 is 0 Å². The molecule has 2 N–H and O–H groups in total. The Hall–Kier alpha value is -2.09. The van der Waals surface area contributed by atoms with Crippen molar-refractivity contribution in [3.63, 3.8) is 0 Å². The summed E-state index contributed by atoms with van der Waals surface area (Å²) in [4.78, 5) is 4.07. The predicted octanol–water partition coefficient (Wildman–Crippen LogP) is 2.00. The molecule has 23 heavy (non-hydrogen) atoms. The van der Waals surface area contributed by atoms with Crippen molar-refractivity contribution >= 4 is 5.96 Å². The lowest BCUT2D eigenvalue weighted by atomic mass is 10.2. The predicted molar refractivity (Wildman–Crippen MR) is 84.3 cm³/mol. The second-order valence-corrected chi connectivity index (χ2v) is 4.41. The summed E-state index contributed by atoms with van der Waals surface area (Å²) in [5.74, 6) is 0.853. The molecule has 0 radical (unpaired) electrons. The van der Waals surface area contributed by atoms with Gasteiger partial charge in [-0.1, -0.05) is 6.07 Å². The second-order valence-electron chi connectivity index (χ2n) is 4.41. The average Bonchev–Trinajstić information content (AvgIpc) is 2.54. The summed E-state index contributed by atoms with van der Waals surface area (Å²) < 4.78 is 39.5. The second kappa shape index (κ2) is 10.6. The third kappa shape index (κ3) is 7.14. The number of nitrogens with zero attached hydrogens (tertiary/aromatic N) is 1. The molecule has 0 aromatic heterocycles. The van der Waals surface area contributed by atoms with Gasteiger partial charge in [0.05, 0.1) is 13.7 Å². The molecule has 6 nitrogen and oxygen atoms in total. The topological polar surface area (TPSA) is 64.1 Å². The molecule has 0 aliphatic rings. The SMILES string of the molecule is CCOCCNC(=NC)NCc1ccc(OC)c(OC(F)F)c1. The number of rotatable bonds is 9. The summed E-state index contributed by atoms with van der Waals surface area (Å²) in [6, 6.07) is 4.85. The van der Waals surface area contributed by atoms with Crippen LogP contribution in [-0.4, -0.2) is 46.5 Å². The molecule has 0 heterocycles. The number of nitrogens with one attached hydrogen (secondary N) is 2. The van der Waals surface area contributed by atoms with Crippen molar-refractivity contribution in [2.24, 2.45) is 4.99 Å². The maximum atomic E-state index is 12.4. The largest absolute Gasteiger partial charge is 0.493 e. The fraction of sp³-hybridized carbons (Fsp3) is 0.533. The van der Waals surface area contributed by atoms with E-state index in [1.165, 1.54) is 13.2 Å². The van der Waals surface area contributed by atoms with E-state index in [1.807, 2.05) is 6.92 Å². The number of guanidine groups is 1. The number of methoxy groups -OCH3 is 1. The van der Waals surface area contributed by atoms with Crippen LogP contribution in [0.4, 0.5) is 8.78 Å². The minimum absolute atomic E-state index is 0.00101. The molecule has 0 unspecified atom stereocenters. The normalized spacial score (nSPS) is 11.5. The highest BCUT2D eigenvalue weighted by Gasteiger charge is 2.11. The summed E-state index contributed by atoms with van der Waals surface area (Å²) in [5, 5.41) is 6.16. The highest BCUT2D eigenvalue weighted by atomic mass is 19.3. The van der Waals surface area contributed by atoms with Crippen molar-refractivity contribution in [2.75, 3.05) is 33.9 Å². The molecule has 130 valence electrons. The number of hydrogen-bond donors (Lipinski definition) is 2. The Bertz CT molecular complexity index is 499. The highest BCUT2D eigenvalue weighted by molar-refractivity contribution is 5.79. The quantitative estimate of drug-likeness (QED) is 0.412. The molecule has 0 aliphatic heterocycles. The van der Waals surface area contributed by atoms with E-state index in [0.717, 1.165) is 5.56 Å². The van der Waals surface area contributed by atoms with Gasteiger partial charge in [-0.2, -0.15) is 8.78 Å². The minimum Gasteiger partial charge on any atom is -0.493 e. The van der Waals surface area contributed by atoms with Gasteiger partial charge in [-0.3, -0.25) is 4.99 Å². The lowest BCUT2D eigenvalue weighted by molar-refractivity contribution is -0.0512. The Labute approximate surface area is 134 Å². The molecule has 0 saturated carbocycles. The molecule has 0 spiro atoms. The zero-order chi connectivity index (χ0) is 17.1. The maximum Gasteiger partial charge on any atom is 0.387 e. The van der Waals surface area contributed by atoms with E-state index in [9.17, 15) is 8.78 Å². The van der Waals surface area contributed by atoms with Gasteiger partial charge in [0.1, 0.15) is 0 Å². The van der Waals surface area contributed by atoms with Gasteiger partial charge in [0.25, 0.3) is 0 Å². The van der Waals surface area contributed by atoms with Crippen molar-refractivity contribution < 1.29 is 23.0 Å². The Kier molecular flexibility index (Phi) is 8.74. The first kappa shape index (κ1) is 19.0. The van der Waals surface area contributed by atoms with Crippen LogP contribution in [0, 0.1) is 0 Å². The van der Waals surface area contributed by atoms with E-state index < -0.39 is 6.61 Å². The molecule has 0 aliphatic carbocycles. The molecule has 0 atom stereocenters. The van der Waals surface area contributed by atoms with Crippen molar-refractivity contribution in [1.29, 1.82) is 0 Å². The summed E-state index contributed by atoms with van der Waals surface area (Å²) in [6.07, 6.45) is 0. The number of ether oxygens (including phenoxy) is 3. The van der Waals surface area contributed by atoms with Gasteiger partial charge in [0.15, 0.2) is 17.5 Å². The molecular weight excluding hydrogens is 308 g/mol. The summed E-state index contributed by atoms with van der Waals surface area (Å²) in [6.45, 7) is 1.28. The van der Waals surface area contributed by atoms with E-state index in [4.69, 9.17) is 9.47 Å². The number of halogens is 2. The number of alkyl halides is 2. The number of hydrogen-bond acceptors (Lipinski definition) is 4. The van der Waals surface area contributed by atoms with Crippen LogP contribution in [0.15, 0.2) is 23.2 Å². The summed E-state index contributed by atoms with van der Waals surface area (Å²) >= 11 is 0. The summed E-state index contributed by atoms with van der Waals surface area (Å²) in [5.41, 5.74) is 0.759. The fourth-order valence-corrected chi connectivity index (χ4v) is 1.81. The van der Waals surface area contributed by atoms with Crippen LogP contribution in [0.1, 0.15) is 12.5 Å². The molecule has 8 heteroatoms. The molecule has 1 rings (SSSR count). The van der Waals surface area contributed by atoms with Gasteiger partial charge in [0, 0.05) is 26.7 Å². The Morgan fingerprint density at radius 3 is 2.65 bits per heavy atom. The van der Waals surface area contributed by atoms with Crippen molar-refractivity contribution in [3.8, 4) is 11.5 Å². The van der Waals surface area contributed by atoms with Crippen molar-refractivity contribution in [2.45, 2.75) is 20.1 Å². The zero-order valence-electron chi connectivity index (χ0n) is 13.6. The molecule has 0 saturated heterocycles. The third-order valence-corrected chi connectivity index (χ3v) is 2.87. The van der Waals surface area contributed by atoms with Crippen molar-refractivity contribution in [3.05, 3.63) is 23.8 Å². The zero-order valence-corrected chi connectivity index (χ0v) is 13.6. The van der Waals surface area contributed by atoms with Gasteiger partial charge in [-0.05, 0) is 24.6 Å². The van der Waals surface area contributed by atoms with Gasteiger partial charge in [0.2, 0.25) is 0 Å². The average molecular weight is 331 g/mol. The lowest BCUT2D eigenvalue weighted by Gasteiger charge is -2.14. The van der Waals surface area contributed by atoms with Crippen LogP contribution in [0.25, 0.3) is 0 Å². The first-order chi connectivity index (χ1) is 11.1. The van der Waals surface area contributed by atoms with Crippen molar-refractivity contribution in [1.82, 2.24) is 10.6 Å². The van der Waals surface area contributed by atoms with E-state index >= 15 is 0 Å². The van der Waals surface area contributed by atoms with Crippen LogP contribution in [-0.2, 0) is 11.3 Å². The smallest absolute Gasteiger partial charge is 0.387 e. The monoisotopic (exact) mass is 331 g/mol. The molecule has 1 aromatic rings. The Morgan fingerprint density at radius 2 is 2.04 bits per heavy atom. The van der Waals surface area contributed by atoms with Gasteiger partial charge >= 0.3 is 6.61 Å². The minimum atomic E-state index is -2.90. The Balaban J connectivity index is 2.58. The number of aliphatic imine (C=N–C) groups is 1. The van der Waals surface area contributed by atoms with Gasteiger partial charge in [-0.15, -0.1) is 0 Å². The van der Waals surface area contributed by atoms with E-state index in [-0.39, 0.29) is 11.5 Å². The fourth-order valence-electron chi connectivity index (χ4n) is 1.81. The van der Waals surface area contributed by atoms with Gasteiger partial charge in [-0.25, -0.2) is 0 Å². The Morgan fingerprint density at radius 1 is 1.26 bits per heavy atom. The highest BCUT2D eigenvalue weighted by Crippen LogP contribution is 2.29. The van der Waals surface area contributed by atoms with Crippen LogP contribution < -0.4 is 20.1 Å². The summed E-state index contributed by atoms with van der Waals surface area (Å²) in [7, 11) is 3.05. The lowest BCUT2D eigenvalue weighted by Crippen LogP contribution is -2.38. The van der Waals surface area contributed by atoms with Crippen LogP contribution in [0.5, 0.6) is 11.5 Å². The standard InChI is InChI=1S/C15H23F2N3O3/c1-4-22-8-7-19-15(18-2)20-10-11-5-6-12(21-3)13(9-11)23-14(16)17/h5-6,9,14H,4,7-8,10H2,1-3H3,(H2,18,19,20).